The minimum absolute atomic E-state index is 0.163. The highest BCUT2D eigenvalue weighted by molar-refractivity contribution is 5.94. The smallest absolute Gasteiger partial charge is 0.251 e. The van der Waals surface area contributed by atoms with Gasteiger partial charge in [0.05, 0.1) is 13.7 Å². The number of aromatic nitrogens is 1. The van der Waals surface area contributed by atoms with Gasteiger partial charge in [0.25, 0.3) is 5.91 Å². The number of hydrogen-bond donors (Lipinski definition) is 2. The second-order valence-corrected chi connectivity index (χ2v) is 6.55. The van der Waals surface area contributed by atoms with Crippen LogP contribution >= 0.6 is 0 Å². The van der Waals surface area contributed by atoms with Gasteiger partial charge in [0, 0.05) is 18.3 Å². The summed E-state index contributed by atoms with van der Waals surface area (Å²) in [6, 6.07) is 19.0. The van der Waals surface area contributed by atoms with Gasteiger partial charge in [0.2, 0.25) is 0 Å². The SMILES string of the molecule is COc1ccc(OCCNC(=O)c2ccnc(NCc3cccc(C)c3)c2)cc1. The first-order valence-electron chi connectivity index (χ1n) is 9.44. The maximum atomic E-state index is 12.4. The molecule has 1 aromatic heterocycles. The number of rotatable bonds is 9. The van der Waals surface area contributed by atoms with Gasteiger partial charge in [-0.05, 0) is 48.9 Å². The maximum absolute atomic E-state index is 12.4. The summed E-state index contributed by atoms with van der Waals surface area (Å²) >= 11 is 0. The number of methoxy groups -OCH3 is 1. The third-order valence-electron chi connectivity index (χ3n) is 4.29. The number of ether oxygens (including phenoxy) is 2. The van der Waals surface area contributed by atoms with Gasteiger partial charge in [0.1, 0.15) is 23.9 Å². The van der Waals surface area contributed by atoms with E-state index in [1.165, 1.54) is 5.56 Å². The summed E-state index contributed by atoms with van der Waals surface area (Å²) < 4.78 is 10.7. The number of anilines is 1. The molecule has 3 rings (SSSR count). The monoisotopic (exact) mass is 391 g/mol. The van der Waals surface area contributed by atoms with Crippen LogP contribution in [0.5, 0.6) is 11.5 Å². The van der Waals surface area contributed by atoms with Gasteiger partial charge in [-0.3, -0.25) is 4.79 Å². The number of benzene rings is 2. The molecule has 0 saturated heterocycles. The van der Waals surface area contributed by atoms with Crippen LogP contribution in [0.1, 0.15) is 21.5 Å². The van der Waals surface area contributed by atoms with Crippen LogP contribution in [-0.2, 0) is 6.54 Å². The van der Waals surface area contributed by atoms with Crippen molar-refractivity contribution in [3.05, 3.63) is 83.6 Å². The van der Waals surface area contributed by atoms with Gasteiger partial charge in [0.15, 0.2) is 0 Å². The lowest BCUT2D eigenvalue weighted by atomic mass is 10.1. The van der Waals surface area contributed by atoms with Crippen molar-refractivity contribution in [3.63, 3.8) is 0 Å². The molecule has 2 aromatic carbocycles. The largest absolute Gasteiger partial charge is 0.497 e. The van der Waals surface area contributed by atoms with E-state index < -0.39 is 0 Å². The Morgan fingerprint density at radius 1 is 1.03 bits per heavy atom. The Morgan fingerprint density at radius 3 is 2.59 bits per heavy atom. The topological polar surface area (TPSA) is 72.5 Å². The Kier molecular flexibility index (Phi) is 7.05. The molecular formula is C23H25N3O3. The van der Waals surface area contributed by atoms with Gasteiger partial charge in [-0.15, -0.1) is 0 Å². The number of nitrogens with zero attached hydrogens (tertiary/aromatic N) is 1. The fourth-order valence-corrected chi connectivity index (χ4v) is 2.79. The quantitative estimate of drug-likeness (QED) is 0.543. The lowest BCUT2D eigenvalue weighted by molar-refractivity contribution is 0.0947. The van der Waals surface area contributed by atoms with Crippen molar-refractivity contribution in [2.75, 3.05) is 25.6 Å². The zero-order valence-electron chi connectivity index (χ0n) is 16.6. The van der Waals surface area contributed by atoms with Crippen molar-refractivity contribution in [1.29, 1.82) is 0 Å². The predicted molar refractivity (Wildman–Crippen MR) is 114 cm³/mol. The van der Waals surface area contributed by atoms with Gasteiger partial charge in [-0.2, -0.15) is 0 Å². The standard InChI is InChI=1S/C23H25N3O3/c1-17-4-3-5-18(14-17)16-26-22-15-19(10-11-24-22)23(27)25-12-13-29-21-8-6-20(28-2)7-9-21/h3-11,14-15H,12-13,16H2,1-2H3,(H,24,26)(H,25,27). The van der Waals surface area contributed by atoms with E-state index in [0.717, 1.165) is 17.1 Å². The molecule has 0 saturated carbocycles. The first-order chi connectivity index (χ1) is 14.1. The van der Waals surface area contributed by atoms with Crippen LogP contribution in [0, 0.1) is 6.92 Å². The summed E-state index contributed by atoms with van der Waals surface area (Å²) in [6.07, 6.45) is 1.63. The molecule has 1 amide bonds. The molecule has 0 aliphatic rings. The van der Waals surface area contributed by atoms with Crippen LogP contribution in [0.25, 0.3) is 0 Å². The van der Waals surface area contributed by atoms with E-state index in [2.05, 4.69) is 40.7 Å². The molecule has 0 bridgehead atoms. The van der Waals surface area contributed by atoms with Crippen molar-refractivity contribution in [2.45, 2.75) is 13.5 Å². The maximum Gasteiger partial charge on any atom is 0.251 e. The molecule has 2 N–H and O–H groups in total. The molecule has 0 aliphatic carbocycles. The molecule has 29 heavy (non-hydrogen) atoms. The Morgan fingerprint density at radius 2 is 1.83 bits per heavy atom. The number of aryl methyl sites for hydroxylation is 1. The highest BCUT2D eigenvalue weighted by Gasteiger charge is 2.07. The van der Waals surface area contributed by atoms with Crippen LogP contribution < -0.4 is 20.1 Å². The normalized spacial score (nSPS) is 10.3. The minimum Gasteiger partial charge on any atom is -0.497 e. The molecule has 150 valence electrons. The Labute approximate surface area is 170 Å². The average molecular weight is 391 g/mol. The highest BCUT2D eigenvalue weighted by atomic mass is 16.5. The molecule has 0 atom stereocenters. The minimum atomic E-state index is -0.163. The second-order valence-electron chi connectivity index (χ2n) is 6.55. The summed E-state index contributed by atoms with van der Waals surface area (Å²) in [6.45, 7) is 3.49. The van der Waals surface area contributed by atoms with E-state index >= 15 is 0 Å². The predicted octanol–water partition coefficient (Wildman–Crippen LogP) is 3.82. The summed E-state index contributed by atoms with van der Waals surface area (Å²) in [7, 11) is 1.62. The molecule has 0 fully saturated rings. The summed E-state index contributed by atoms with van der Waals surface area (Å²) in [5, 5.41) is 6.11. The van der Waals surface area contributed by atoms with Gasteiger partial charge < -0.3 is 20.1 Å². The lowest BCUT2D eigenvalue weighted by Crippen LogP contribution is -2.28. The number of nitrogens with one attached hydrogen (secondary N) is 2. The van der Waals surface area contributed by atoms with Crippen LogP contribution in [0.4, 0.5) is 5.82 Å². The zero-order chi connectivity index (χ0) is 20.5. The van der Waals surface area contributed by atoms with Crippen molar-refractivity contribution < 1.29 is 14.3 Å². The van der Waals surface area contributed by atoms with Crippen molar-refractivity contribution in [2.24, 2.45) is 0 Å². The van der Waals surface area contributed by atoms with E-state index in [1.807, 2.05) is 30.3 Å². The number of carbonyl (C=O) groups excluding carboxylic acids is 1. The van der Waals surface area contributed by atoms with E-state index in [1.54, 1.807) is 25.4 Å². The summed E-state index contributed by atoms with van der Waals surface area (Å²) in [5.74, 6) is 2.00. The third kappa shape index (κ3) is 6.24. The van der Waals surface area contributed by atoms with Crippen molar-refractivity contribution in [3.8, 4) is 11.5 Å². The molecule has 3 aromatic rings. The number of amides is 1. The van der Waals surface area contributed by atoms with Crippen molar-refractivity contribution >= 4 is 11.7 Å². The van der Waals surface area contributed by atoms with Crippen LogP contribution in [-0.4, -0.2) is 31.2 Å². The highest BCUT2D eigenvalue weighted by Crippen LogP contribution is 2.16. The molecule has 0 aliphatic heterocycles. The first kappa shape index (κ1) is 20.2. The van der Waals surface area contributed by atoms with Crippen LogP contribution in [0.15, 0.2) is 66.9 Å². The fourth-order valence-electron chi connectivity index (χ4n) is 2.79. The number of pyridine rings is 1. The Hall–Kier alpha value is -3.54. The molecule has 0 spiro atoms. The lowest BCUT2D eigenvalue weighted by Gasteiger charge is -2.10. The second kappa shape index (κ2) is 10.1. The molecule has 6 heteroatoms. The van der Waals surface area contributed by atoms with Gasteiger partial charge in [-0.25, -0.2) is 4.98 Å². The summed E-state index contributed by atoms with van der Waals surface area (Å²) in [5.41, 5.74) is 2.93. The average Bonchev–Trinajstić information content (AvgIpc) is 2.76. The van der Waals surface area contributed by atoms with E-state index in [4.69, 9.17) is 9.47 Å². The molecule has 6 nitrogen and oxygen atoms in total. The van der Waals surface area contributed by atoms with Crippen LogP contribution in [0.2, 0.25) is 0 Å². The van der Waals surface area contributed by atoms with E-state index in [-0.39, 0.29) is 5.91 Å². The first-order valence-corrected chi connectivity index (χ1v) is 9.44. The van der Waals surface area contributed by atoms with Crippen LogP contribution in [0.3, 0.4) is 0 Å². The number of hydrogen-bond acceptors (Lipinski definition) is 5. The zero-order valence-corrected chi connectivity index (χ0v) is 16.6. The number of carbonyl (C=O) groups is 1. The fraction of sp³-hybridized carbons (Fsp3) is 0.217. The van der Waals surface area contributed by atoms with Gasteiger partial charge >= 0.3 is 0 Å². The van der Waals surface area contributed by atoms with E-state index in [9.17, 15) is 4.79 Å². The molecule has 0 unspecified atom stereocenters. The molecule has 1 heterocycles. The van der Waals surface area contributed by atoms with E-state index in [0.29, 0.717) is 31.1 Å². The molecule has 0 radical (unpaired) electrons. The third-order valence-corrected chi connectivity index (χ3v) is 4.29. The van der Waals surface area contributed by atoms with Crippen molar-refractivity contribution in [1.82, 2.24) is 10.3 Å². The summed E-state index contributed by atoms with van der Waals surface area (Å²) in [4.78, 5) is 16.7. The Balaban J connectivity index is 1.45. The van der Waals surface area contributed by atoms with Gasteiger partial charge in [-0.1, -0.05) is 29.8 Å². The Bertz CT molecular complexity index is 942. The molecular weight excluding hydrogens is 366 g/mol.